The summed E-state index contributed by atoms with van der Waals surface area (Å²) in [5.74, 6) is 0. The van der Waals surface area contributed by atoms with Crippen LogP contribution in [0.5, 0.6) is 0 Å². The van der Waals surface area contributed by atoms with Crippen LogP contribution in [0.15, 0.2) is 33.7 Å². The van der Waals surface area contributed by atoms with Crippen molar-refractivity contribution in [3.8, 4) is 0 Å². The van der Waals surface area contributed by atoms with Gasteiger partial charge in [-0.15, -0.1) is 0 Å². The molecule has 0 amide bonds. The number of rotatable bonds is 3. The molecule has 2 heterocycles. The molecule has 0 aliphatic carbocycles. The minimum Gasteiger partial charge on any atom is -0.152 e. The molecule has 0 spiro atoms. The Morgan fingerprint density at radius 1 is 0.833 bits per heavy atom. The molecule has 2 rings (SSSR count). The lowest BCUT2D eigenvalue weighted by atomic mass is 10.1. The van der Waals surface area contributed by atoms with Crippen molar-refractivity contribution >= 4 is 22.7 Å². The van der Waals surface area contributed by atoms with Gasteiger partial charge in [0.25, 0.3) is 0 Å². The number of hydrogen-bond donors (Lipinski definition) is 0. The topological polar surface area (TPSA) is 0 Å². The number of thiophene rings is 2. The highest BCUT2D eigenvalue weighted by atomic mass is 32.1. The van der Waals surface area contributed by atoms with Gasteiger partial charge in [-0.1, -0.05) is 0 Å². The van der Waals surface area contributed by atoms with Crippen LogP contribution in [-0.4, -0.2) is 0 Å². The Morgan fingerprint density at radius 3 is 1.67 bits per heavy atom. The molecule has 2 aromatic rings. The Kier molecular flexibility index (Phi) is 2.59. The molecule has 12 heavy (non-hydrogen) atoms. The van der Waals surface area contributed by atoms with Crippen molar-refractivity contribution < 1.29 is 0 Å². The average Bonchev–Trinajstić information content (AvgIpc) is 2.74. The predicted molar refractivity (Wildman–Crippen MR) is 56.0 cm³/mol. The molecule has 0 atom stereocenters. The van der Waals surface area contributed by atoms with Crippen LogP contribution < -0.4 is 0 Å². The summed E-state index contributed by atoms with van der Waals surface area (Å²) in [5.41, 5.74) is 2.93. The first-order valence-corrected chi connectivity index (χ1v) is 5.86. The second-order valence-electron chi connectivity index (χ2n) is 2.76. The van der Waals surface area contributed by atoms with Gasteiger partial charge < -0.3 is 0 Å². The quantitative estimate of drug-likeness (QED) is 0.700. The van der Waals surface area contributed by atoms with E-state index in [9.17, 15) is 0 Å². The first kappa shape index (κ1) is 8.02. The highest BCUT2D eigenvalue weighted by Crippen LogP contribution is 2.12. The van der Waals surface area contributed by atoms with Gasteiger partial charge in [0.05, 0.1) is 0 Å². The molecule has 0 unspecified atom stereocenters. The Bertz CT molecular complexity index is 271. The fourth-order valence-electron chi connectivity index (χ4n) is 1.16. The molecule has 0 fully saturated rings. The van der Waals surface area contributed by atoms with Crippen LogP contribution in [0.1, 0.15) is 11.1 Å². The van der Waals surface area contributed by atoms with Crippen LogP contribution in [0, 0.1) is 0 Å². The Balaban J connectivity index is 1.91. The maximum absolute atomic E-state index is 2.23. The summed E-state index contributed by atoms with van der Waals surface area (Å²) in [6.45, 7) is 0. The maximum Gasteiger partial charge on any atom is -0.00611 e. The molecule has 0 aromatic carbocycles. The molecule has 0 saturated carbocycles. The molecule has 0 saturated heterocycles. The van der Waals surface area contributed by atoms with Gasteiger partial charge in [0.1, 0.15) is 0 Å². The highest BCUT2D eigenvalue weighted by Gasteiger charge is 1.95. The van der Waals surface area contributed by atoms with Crippen molar-refractivity contribution in [3.05, 3.63) is 44.8 Å². The second-order valence-corrected chi connectivity index (χ2v) is 4.32. The summed E-state index contributed by atoms with van der Waals surface area (Å²) < 4.78 is 0. The third-order valence-electron chi connectivity index (χ3n) is 1.86. The molecule has 0 aliphatic rings. The van der Waals surface area contributed by atoms with E-state index in [1.165, 1.54) is 24.0 Å². The van der Waals surface area contributed by atoms with Crippen molar-refractivity contribution in [2.75, 3.05) is 0 Å². The molecular weight excluding hydrogens is 184 g/mol. The highest BCUT2D eigenvalue weighted by molar-refractivity contribution is 7.08. The van der Waals surface area contributed by atoms with E-state index in [0.717, 1.165) is 0 Å². The number of hydrogen-bond acceptors (Lipinski definition) is 2. The summed E-state index contributed by atoms with van der Waals surface area (Å²) in [4.78, 5) is 0. The molecule has 0 N–H and O–H groups in total. The molecule has 2 heteroatoms. The third-order valence-corrected chi connectivity index (χ3v) is 3.33. The molecule has 62 valence electrons. The first-order valence-electron chi connectivity index (χ1n) is 3.97. The smallest absolute Gasteiger partial charge is 0.00611 e. The fraction of sp³-hybridized carbons (Fsp3) is 0.200. The van der Waals surface area contributed by atoms with Crippen molar-refractivity contribution in [1.29, 1.82) is 0 Å². The van der Waals surface area contributed by atoms with Crippen LogP contribution in [0.2, 0.25) is 0 Å². The summed E-state index contributed by atoms with van der Waals surface area (Å²) in [7, 11) is 0. The zero-order chi connectivity index (χ0) is 8.23. The van der Waals surface area contributed by atoms with E-state index in [2.05, 4.69) is 33.7 Å². The SMILES string of the molecule is c1cc(CCc2ccsc2)cs1. The fourth-order valence-corrected chi connectivity index (χ4v) is 2.56. The Morgan fingerprint density at radius 2 is 1.33 bits per heavy atom. The van der Waals surface area contributed by atoms with Crippen molar-refractivity contribution in [1.82, 2.24) is 0 Å². The maximum atomic E-state index is 2.23. The molecule has 2 aromatic heterocycles. The van der Waals surface area contributed by atoms with E-state index in [4.69, 9.17) is 0 Å². The Labute approximate surface area is 80.5 Å². The van der Waals surface area contributed by atoms with Gasteiger partial charge in [-0.05, 0) is 57.6 Å². The zero-order valence-electron chi connectivity index (χ0n) is 6.69. The van der Waals surface area contributed by atoms with Gasteiger partial charge in [-0.2, -0.15) is 22.7 Å². The monoisotopic (exact) mass is 194 g/mol. The summed E-state index contributed by atoms with van der Waals surface area (Å²) in [6.07, 6.45) is 2.36. The molecule has 0 nitrogen and oxygen atoms in total. The van der Waals surface area contributed by atoms with Gasteiger partial charge >= 0.3 is 0 Å². The Hall–Kier alpha value is -0.600. The summed E-state index contributed by atoms with van der Waals surface area (Å²) in [6, 6.07) is 4.41. The van der Waals surface area contributed by atoms with Gasteiger partial charge in [0.2, 0.25) is 0 Å². The third kappa shape index (κ3) is 1.96. The van der Waals surface area contributed by atoms with Crippen LogP contribution in [0.3, 0.4) is 0 Å². The van der Waals surface area contributed by atoms with E-state index in [-0.39, 0.29) is 0 Å². The van der Waals surface area contributed by atoms with E-state index < -0.39 is 0 Å². The average molecular weight is 194 g/mol. The molecular formula is C10H10S2. The summed E-state index contributed by atoms with van der Waals surface area (Å²) in [5, 5.41) is 8.74. The minimum absolute atomic E-state index is 1.18. The van der Waals surface area contributed by atoms with Crippen LogP contribution in [0.25, 0.3) is 0 Å². The van der Waals surface area contributed by atoms with E-state index >= 15 is 0 Å². The normalized spacial score (nSPS) is 10.3. The zero-order valence-corrected chi connectivity index (χ0v) is 8.33. The van der Waals surface area contributed by atoms with E-state index in [1.807, 2.05) is 0 Å². The van der Waals surface area contributed by atoms with Crippen molar-refractivity contribution in [2.24, 2.45) is 0 Å². The molecule has 0 bridgehead atoms. The standard InChI is InChI=1S/C10H10S2/c1(9-3-5-11-7-9)2-10-4-6-12-8-10/h3-8H,1-2H2. The lowest BCUT2D eigenvalue weighted by Crippen LogP contribution is -1.85. The van der Waals surface area contributed by atoms with E-state index in [0.29, 0.717) is 0 Å². The van der Waals surface area contributed by atoms with Crippen molar-refractivity contribution in [2.45, 2.75) is 12.8 Å². The minimum atomic E-state index is 1.18. The van der Waals surface area contributed by atoms with Crippen LogP contribution in [0.4, 0.5) is 0 Å². The largest absolute Gasteiger partial charge is 0.152 e. The van der Waals surface area contributed by atoms with E-state index in [1.54, 1.807) is 22.7 Å². The lowest BCUT2D eigenvalue weighted by Gasteiger charge is -1.93. The lowest BCUT2D eigenvalue weighted by molar-refractivity contribution is 0.972. The first-order chi connectivity index (χ1) is 5.95. The molecule has 0 radical (unpaired) electrons. The van der Waals surface area contributed by atoms with Gasteiger partial charge in [-0.25, -0.2) is 0 Å². The predicted octanol–water partition coefficient (Wildman–Crippen LogP) is 3.59. The van der Waals surface area contributed by atoms with Gasteiger partial charge in [0.15, 0.2) is 0 Å². The summed E-state index contributed by atoms with van der Waals surface area (Å²) >= 11 is 3.56. The second kappa shape index (κ2) is 3.87. The van der Waals surface area contributed by atoms with Gasteiger partial charge in [0, 0.05) is 0 Å². The number of aryl methyl sites for hydroxylation is 2. The van der Waals surface area contributed by atoms with Crippen LogP contribution >= 0.6 is 22.7 Å². The van der Waals surface area contributed by atoms with Crippen molar-refractivity contribution in [3.63, 3.8) is 0 Å². The van der Waals surface area contributed by atoms with Crippen LogP contribution in [-0.2, 0) is 12.8 Å². The van der Waals surface area contributed by atoms with Gasteiger partial charge in [-0.3, -0.25) is 0 Å². The molecule has 0 aliphatic heterocycles.